The van der Waals surface area contributed by atoms with Crippen molar-refractivity contribution in [3.8, 4) is 0 Å². The van der Waals surface area contributed by atoms with Gasteiger partial charge in [0.1, 0.15) is 11.3 Å². The molecule has 0 bridgehead atoms. The quantitative estimate of drug-likeness (QED) is 0.390. The van der Waals surface area contributed by atoms with Crippen LogP contribution < -0.4 is 5.73 Å². The van der Waals surface area contributed by atoms with Crippen molar-refractivity contribution < 1.29 is 18.8 Å². The molecule has 0 radical (unpaired) electrons. The molecule has 0 fully saturated rings. The van der Waals surface area contributed by atoms with Gasteiger partial charge in [0.25, 0.3) is 5.69 Å². The highest BCUT2D eigenvalue weighted by atomic mass is 35.5. The van der Waals surface area contributed by atoms with Crippen LogP contribution in [0.15, 0.2) is 6.07 Å². The normalized spacial score (nSPS) is 10.1. The lowest BCUT2D eigenvalue weighted by atomic mass is 10.1. The van der Waals surface area contributed by atoms with E-state index in [1.165, 1.54) is 6.92 Å². The summed E-state index contributed by atoms with van der Waals surface area (Å²) >= 11 is 5.44. The van der Waals surface area contributed by atoms with Crippen LogP contribution in [-0.2, 0) is 4.74 Å². The van der Waals surface area contributed by atoms with Crippen LogP contribution in [0.25, 0.3) is 0 Å². The number of carbonyl (C=O) groups excluding carboxylic acids is 1. The van der Waals surface area contributed by atoms with Gasteiger partial charge in [0.05, 0.1) is 16.6 Å². The summed E-state index contributed by atoms with van der Waals surface area (Å²) in [7, 11) is 0. The van der Waals surface area contributed by atoms with Crippen molar-refractivity contribution in [2.45, 2.75) is 6.92 Å². The zero-order valence-electron chi connectivity index (χ0n) is 8.70. The van der Waals surface area contributed by atoms with Gasteiger partial charge in [0, 0.05) is 6.07 Å². The van der Waals surface area contributed by atoms with Crippen molar-refractivity contribution >= 4 is 28.9 Å². The number of hydrogen-bond acceptors (Lipinski definition) is 5. The fraction of sp³-hybridized carbons (Fsp3) is 0.222. The Bertz CT molecular complexity index is 492. The van der Waals surface area contributed by atoms with Gasteiger partial charge in [-0.25, -0.2) is 9.18 Å². The number of esters is 1. The van der Waals surface area contributed by atoms with Crippen LogP contribution in [0, 0.1) is 15.9 Å². The summed E-state index contributed by atoms with van der Waals surface area (Å²) in [6, 6.07) is 0.745. The first-order valence-corrected chi connectivity index (χ1v) is 4.86. The third kappa shape index (κ3) is 2.44. The maximum atomic E-state index is 13.5. The number of nitrogen functional groups attached to an aromatic ring is 1. The Labute approximate surface area is 100 Å². The lowest BCUT2D eigenvalue weighted by molar-refractivity contribution is -0.383. The fourth-order valence-electron chi connectivity index (χ4n) is 1.18. The molecule has 0 aliphatic heterocycles. The maximum absolute atomic E-state index is 13.5. The Morgan fingerprint density at radius 1 is 1.71 bits per heavy atom. The summed E-state index contributed by atoms with van der Waals surface area (Å²) in [6.45, 7) is 1.49. The molecule has 0 aliphatic rings. The van der Waals surface area contributed by atoms with Crippen molar-refractivity contribution in [3.05, 3.63) is 32.6 Å². The van der Waals surface area contributed by atoms with E-state index in [9.17, 15) is 19.3 Å². The molecule has 1 aromatic rings. The van der Waals surface area contributed by atoms with E-state index < -0.39 is 38.7 Å². The van der Waals surface area contributed by atoms with Gasteiger partial charge in [-0.3, -0.25) is 10.1 Å². The molecule has 0 unspecified atom stereocenters. The van der Waals surface area contributed by atoms with E-state index >= 15 is 0 Å². The van der Waals surface area contributed by atoms with E-state index in [2.05, 4.69) is 4.74 Å². The van der Waals surface area contributed by atoms with E-state index in [1.807, 2.05) is 0 Å². The van der Waals surface area contributed by atoms with Crippen molar-refractivity contribution in [1.82, 2.24) is 0 Å². The molecule has 8 heteroatoms. The lowest BCUT2D eigenvalue weighted by Crippen LogP contribution is -2.12. The summed E-state index contributed by atoms with van der Waals surface area (Å²) in [5, 5.41) is 10.0. The van der Waals surface area contributed by atoms with Gasteiger partial charge < -0.3 is 10.5 Å². The molecule has 17 heavy (non-hydrogen) atoms. The van der Waals surface area contributed by atoms with Gasteiger partial charge in [0.15, 0.2) is 5.82 Å². The van der Waals surface area contributed by atoms with Crippen LogP contribution >= 0.6 is 11.6 Å². The second-order valence-electron chi connectivity index (χ2n) is 2.96. The zero-order chi connectivity index (χ0) is 13.2. The van der Waals surface area contributed by atoms with Crippen LogP contribution in [0.3, 0.4) is 0 Å². The highest BCUT2D eigenvalue weighted by Gasteiger charge is 2.27. The standard InChI is InChI=1S/C9H8ClFN2O4/c1-2-17-9(14)6-7(11)4(10)3-5(8(6)12)13(15)16/h3H,2,12H2,1H3. The summed E-state index contributed by atoms with van der Waals surface area (Å²) in [5.74, 6) is -2.22. The molecule has 2 N–H and O–H groups in total. The van der Waals surface area contributed by atoms with Gasteiger partial charge >= 0.3 is 5.97 Å². The number of carbonyl (C=O) groups is 1. The van der Waals surface area contributed by atoms with Crippen molar-refractivity contribution in [2.24, 2.45) is 0 Å². The van der Waals surface area contributed by atoms with Crippen LogP contribution in [0.5, 0.6) is 0 Å². The number of anilines is 1. The minimum Gasteiger partial charge on any atom is -0.462 e. The first kappa shape index (κ1) is 13.2. The third-order valence-electron chi connectivity index (χ3n) is 1.91. The number of rotatable bonds is 3. The molecule has 1 rings (SSSR count). The molecule has 0 aromatic heterocycles. The first-order valence-electron chi connectivity index (χ1n) is 4.49. The molecule has 0 atom stereocenters. The zero-order valence-corrected chi connectivity index (χ0v) is 9.45. The van der Waals surface area contributed by atoms with Crippen LogP contribution in [0.4, 0.5) is 15.8 Å². The second-order valence-corrected chi connectivity index (χ2v) is 3.36. The van der Waals surface area contributed by atoms with Crippen LogP contribution in [-0.4, -0.2) is 17.5 Å². The van der Waals surface area contributed by atoms with Crippen molar-refractivity contribution in [3.63, 3.8) is 0 Å². The number of nitro benzene ring substituents is 1. The summed E-state index contributed by atoms with van der Waals surface area (Å²) in [6.07, 6.45) is 0. The molecule has 0 saturated heterocycles. The Morgan fingerprint density at radius 2 is 2.29 bits per heavy atom. The lowest BCUT2D eigenvalue weighted by Gasteiger charge is -2.08. The third-order valence-corrected chi connectivity index (χ3v) is 2.19. The second kappa shape index (κ2) is 4.96. The van der Waals surface area contributed by atoms with Gasteiger partial charge in [-0.05, 0) is 6.92 Å². The van der Waals surface area contributed by atoms with Crippen LogP contribution in [0.2, 0.25) is 5.02 Å². The van der Waals surface area contributed by atoms with E-state index in [1.54, 1.807) is 0 Å². The SMILES string of the molecule is CCOC(=O)c1c(N)c([N+](=O)[O-])cc(Cl)c1F. The van der Waals surface area contributed by atoms with E-state index in [4.69, 9.17) is 17.3 Å². The highest BCUT2D eigenvalue weighted by molar-refractivity contribution is 6.31. The number of nitrogens with two attached hydrogens (primary N) is 1. The molecular formula is C9H8ClFN2O4. The molecule has 0 amide bonds. The van der Waals surface area contributed by atoms with Crippen LogP contribution in [0.1, 0.15) is 17.3 Å². The van der Waals surface area contributed by atoms with Crippen molar-refractivity contribution in [1.29, 1.82) is 0 Å². The van der Waals surface area contributed by atoms with E-state index in [0.717, 1.165) is 6.07 Å². The highest BCUT2D eigenvalue weighted by Crippen LogP contribution is 2.33. The van der Waals surface area contributed by atoms with Gasteiger partial charge in [-0.15, -0.1) is 0 Å². The topological polar surface area (TPSA) is 95.5 Å². The Kier molecular flexibility index (Phi) is 3.84. The molecule has 1 aromatic carbocycles. The minimum atomic E-state index is -1.13. The average Bonchev–Trinajstić information content (AvgIpc) is 2.23. The summed E-state index contributed by atoms with van der Waals surface area (Å²) < 4.78 is 18.1. The number of nitrogens with zero attached hydrogens (tertiary/aromatic N) is 1. The molecule has 92 valence electrons. The number of halogens is 2. The minimum absolute atomic E-state index is 0.0158. The largest absolute Gasteiger partial charge is 0.462 e. The molecular weight excluding hydrogens is 255 g/mol. The summed E-state index contributed by atoms with van der Waals surface area (Å²) in [4.78, 5) is 21.1. The fourth-order valence-corrected chi connectivity index (χ4v) is 1.38. The van der Waals surface area contributed by atoms with Gasteiger partial charge in [-0.2, -0.15) is 0 Å². The smallest absolute Gasteiger partial charge is 0.343 e. The van der Waals surface area contributed by atoms with Crippen molar-refractivity contribution in [2.75, 3.05) is 12.3 Å². The molecule has 6 nitrogen and oxygen atoms in total. The summed E-state index contributed by atoms with van der Waals surface area (Å²) in [5.41, 5.74) is 3.39. The molecule has 0 aliphatic carbocycles. The monoisotopic (exact) mass is 262 g/mol. The predicted molar refractivity (Wildman–Crippen MR) is 58.4 cm³/mol. The van der Waals surface area contributed by atoms with E-state index in [0.29, 0.717) is 0 Å². The number of benzene rings is 1. The predicted octanol–water partition coefficient (Wildman–Crippen LogP) is 2.15. The number of nitro groups is 1. The Balaban J connectivity index is 3.47. The Hall–Kier alpha value is -1.89. The molecule has 0 saturated carbocycles. The van der Waals surface area contributed by atoms with Gasteiger partial charge in [-0.1, -0.05) is 11.6 Å². The number of hydrogen-bond donors (Lipinski definition) is 1. The Morgan fingerprint density at radius 3 is 2.76 bits per heavy atom. The first-order chi connectivity index (χ1) is 7.90. The molecule has 0 spiro atoms. The number of ether oxygens (including phenoxy) is 1. The average molecular weight is 263 g/mol. The van der Waals surface area contributed by atoms with Gasteiger partial charge in [0.2, 0.25) is 0 Å². The maximum Gasteiger partial charge on any atom is 0.343 e. The van der Waals surface area contributed by atoms with E-state index in [-0.39, 0.29) is 6.61 Å². The molecule has 0 heterocycles.